The van der Waals surface area contributed by atoms with Crippen LogP contribution in [0, 0.1) is 0 Å². The third kappa shape index (κ3) is 7.57. The summed E-state index contributed by atoms with van der Waals surface area (Å²) in [6.45, 7) is 3.12. The van der Waals surface area contributed by atoms with E-state index < -0.39 is 21.9 Å². The largest absolute Gasteiger partial charge is 0.434 e. The highest BCUT2D eigenvalue weighted by Gasteiger charge is 2.33. The maximum Gasteiger partial charge on any atom is 0.434 e. The van der Waals surface area contributed by atoms with E-state index in [-0.39, 0.29) is 6.54 Å². The average Bonchev–Trinajstić information content (AvgIpc) is 2.98. The molecule has 0 saturated heterocycles. The van der Waals surface area contributed by atoms with E-state index in [1.807, 2.05) is 0 Å². The number of rotatable bonds is 8. The summed E-state index contributed by atoms with van der Waals surface area (Å²) in [5.74, 6) is 0.408. The van der Waals surface area contributed by atoms with Gasteiger partial charge in [0.05, 0.1) is 12.8 Å². The molecule has 1 rings (SSSR count). The van der Waals surface area contributed by atoms with Crippen molar-refractivity contribution >= 4 is 27.3 Å². The Morgan fingerprint density at radius 1 is 1.40 bits per heavy atom. The van der Waals surface area contributed by atoms with Gasteiger partial charge in [-0.3, -0.25) is 4.99 Å². The van der Waals surface area contributed by atoms with Gasteiger partial charge in [0.15, 0.2) is 11.7 Å². The van der Waals surface area contributed by atoms with Crippen LogP contribution in [0.15, 0.2) is 10.4 Å². The van der Waals surface area contributed by atoms with Gasteiger partial charge in [0.2, 0.25) is 10.0 Å². The number of hydrogen-bond donors (Lipinski definition) is 2. The number of thiazole rings is 1. The highest BCUT2D eigenvalue weighted by molar-refractivity contribution is 7.88. The lowest BCUT2D eigenvalue weighted by atomic mass is 10.4. The smallest absolute Gasteiger partial charge is 0.356 e. The molecule has 0 spiro atoms. The molecule has 0 aliphatic heterocycles. The first-order valence-corrected chi connectivity index (χ1v) is 10.2. The highest BCUT2D eigenvalue weighted by Crippen LogP contribution is 2.29. The number of nitrogens with one attached hydrogen (secondary N) is 2. The standard InChI is InChI=1S/C13H22F3N5O2S2/c1-4-21(25(3,22)23)7-5-6-18-12(17-2)19-8-11-20-10(9-24-11)13(14,15)16/h9H,4-8H2,1-3H3,(H2,17,18,19). The maximum absolute atomic E-state index is 12.5. The Labute approximate surface area is 149 Å². The molecule has 7 nitrogen and oxygen atoms in total. The molecule has 0 fully saturated rings. The van der Waals surface area contributed by atoms with Crippen molar-refractivity contribution in [3.63, 3.8) is 0 Å². The lowest BCUT2D eigenvalue weighted by Crippen LogP contribution is -2.39. The summed E-state index contributed by atoms with van der Waals surface area (Å²) in [4.78, 5) is 7.48. The first-order chi connectivity index (χ1) is 11.6. The van der Waals surface area contributed by atoms with Gasteiger partial charge in [-0.1, -0.05) is 6.92 Å². The van der Waals surface area contributed by atoms with Crippen LogP contribution in [-0.4, -0.2) is 56.6 Å². The molecular weight excluding hydrogens is 379 g/mol. The summed E-state index contributed by atoms with van der Waals surface area (Å²) in [6.07, 6.45) is -2.72. The van der Waals surface area contributed by atoms with Gasteiger partial charge in [0.1, 0.15) is 5.01 Å². The fourth-order valence-electron chi connectivity index (χ4n) is 1.92. The molecule has 1 aromatic rings. The summed E-state index contributed by atoms with van der Waals surface area (Å²) in [7, 11) is -1.68. The summed E-state index contributed by atoms with van der Waals surface area (Å²) >= 11 is 0.917. The van der Waals surface area contributed by atoms with Crippen LogP contribution < -0.4 is 10.6 Å². The van der Waals surface area contributed by atoms with Gasteiger partial charge in [-0.2, -0.15) is 13.2 Å². The molecular formula is C13H22F3N5O2S2. The first-order valence-electron chi connectivity index (χ1n) is 7.49. The minimum Gasteiger partial charge on any atom is -0.356 e. The lowest BCUT2D eigenvalue weighted by molar-refractivity contribution is -0.140. The number of guanidine groups is 1. The summed E-state index contributed by atoms with van der Waals surface area (Å²) in [5, 5.41) is 7.12. The molecule has 0 bridgehead atoms. The Balaban J connectivity index is 2.39. The summed E-state index contributed by atoms with van der Waals surface area (Å²) in [6, 6.07) is 0. The van der Waals surface area contributed by atoms with Crippen LogP contribution in [0.3, 0.4) is 0 Å². The second-order valence-corrected chi connectivity index (χ2v) is 8.01. The van der Waals surface area contributed by atoms with Crippen LogP contribution in [-0.2, 0) is 22.7 Å². The quantitative estimate of drug-likeness (QED) is 0.392. The average molecular weight is 401 g/mol. The van der Waals surface area contributed by atoms with Crippen molar-refractivity contribution in [3.8, 4) is 0 Å². The number of alkyl halides is 3. The number of hydrogen-bond acceptors (Lipinski definition) is 5. The van der Waals surface area contributed by atoms with Crippen LogP contribution in [0.25, 0.3) is 0 Å². The fraction of sp³-hybridized carbons (Fsp3) is 0.692. The molecule has 1 aromatic heterocycles. The molecule has 0 unspecified atom stereocenters. The zero-order valence-electron chi connectivity index (χ0n) is 14.2. The van der Waals surface area contributed by atoms with Gasteiger partial charge < -0.3 is 10.6 Å². The minimum absolute atomic E-state index is 0.116. The Morgan fingerprint density at radius 2 is 2.08 bits per heavy atom. The highest BCUT2D eigenvalue weighted by atomic mass is 32.2. The van der Waals surface area contributed by atoms with Gasteiger partial charge in [0, 0.05) is 32.1 Å². The number of aromatic nitrogens is 1. The topological polar surface area (TPSA) is 86.7 Å². The second-order valence-electron chi connectivity index (χ2n) is 5.09. The summed E-state index contributed by atoms with van der Waals surface area (Å²) in [5.41, 5.74) is -0.905. The predicted molar refractivity (Wildman–Crippen MR) is 92.0 cm³/mol. The molecule has 0 radical (unpaired) electrons. The molecule has 1 heterocycles. The van der Waals surface area contributed by atoms with Gasteiger partial charge in [-0.25, -0.2) is 17.7 Å². The first kappa shape index (κ1) is 21.6. The van der Waals surface area contributed by atoms with Gasteiger partial charge in [0.25, 0.3) is 0 Å². The number of sulfonamides is 1. The number of nitrogens with zero attached hydrogens (tertiary/aromatic N) is 3. The Hall–Kier alpha value is -1.40. The van der Waals surface area contributed by atoms with Crippen molar-refractivity contribution < 1.29 is 21.6 Å². The molecule has 0 aliphatic rings. The Kier molecular flexibility index (Phi) is 8.09. The molecule has 25 heavy (non-hydrogen) atoms. The van der Waals surface area contributed by atoms with Crippen LogP contribution in [0.5, 0.6) is 0 Å². The molecule has 0 saturated carbocycles. The van der Waals surface area contributed by atoms with Crippen molar-refractivity contribution in [1.29, 1.82) is 0 Å². The van der Waals surface area contributed by atoms with Crippen molar-refractivity contribution in [2.45, 2.75) is 26.1 Å². The molecule has 2 N–H and O–H groups in total. The van der Waals surface area contributed by atoms with Gasteiger partial charge in [-0.15, -0.1) is 11.3 Å². The van der Waals surface area contributed by atoms with E-state index in [2.05, 4.69) is 20.6 Å². The molecule has 12 heteroatoms. The maximum atomic E-state index is 12.5. The normalized spacial score (nSPS) is 13.3. The van der Waals surface area contributed by atoms with Crippen LogP contribution in [0.1, 0.15) is 24.0 Å². The van der Waals surface area contributed by atoms with Crippen molar-refractivity contribution in [3.05, 3.63) is 16.1 Å². The Bertz CT molecular complexity index is 673. The van der Waals surface area contributed by atoms with Gasteiger partial charge >= 0.3 is 6.18 Å². The van der Waals surface area contributed by atoms with Crippen molar-refractivity contribution in [2.24, 2.45) is 4.99 Å². The van der Waals surface area contributed by atoms with E-state index >= 15 is 0 Å². The van der Waals surface area contributed by atoms with Gasteiger partial charge in [-0.05, 0) is 6.42 Å². The monoisotopic (exact) mass is 401 g/mol. The zero-order valence-corrected chi connectivity index (χ0v) is 15.9. The zero-order chi connectivity index (χ0) is 19.1. The summed E-state index contributed by atoms with van der Waals surface area (Å²) < 4.78 is 61.8. The number of aliphatic imine (C=N–C) groups is 1. The molecule has 0 aromatic carbocycles. The van der Waals surface area contributed by atoms with E-state index in [1.54, 1.807) is 6.92 Å². The fourth-order valence-corrected chi connectivity index (χ4v) is 3.59. The third-order valence-electron chi connectivity index (χ3n) is 3.17. The molecule has 144 valence electrons. The van der Waals surface area contributed by atoms with Crippen LogP contribution >= 0.6 is 11.3 Å². The van der Waals surface area contributed by atoms with E-state index in [0.717, 1.165) is 23.0 Å². The second kappa shape index (κ2) is 9.34. The lowest BCUT2D eigenvalue weighted by Gasteiger charge is -2.18. The SMILES string of the molecule is CCN(CCCNC(=NC)NCc1nc(C(F)(F)F)cs1)S(C)(=O)=O. The van der Waals surface area contributed by atoms with E-state index in [0.29, 0.717) is 37.0 Å². The van der Waals surface area contributed by atoms with Crippen LogP contribution in [0.4, 0.5) is 13.2 Å². The predicted octanol–water partition coefficient (Wildman–Crippen LogP) is 1.50. The molecule has 0 amide bonds. The van der Waals surface area contributed by atoms with E-state index in [9.17, 15) is 21.6 Å². The number of halogens is 3. The van der Waals surface area contributed by atoms with Crippen molar-refractivity contribution in [1.82, 2.24) is 19.9 Å². The van der Waals surface area contributed by atoms with Crippen molar-refractivity contribution in [2.75, 3.05) is 32.9 Å². The third-order valence-corrected chi connectivity index (χ3v) is 5.40. The van der Waals surface area contributed by atoms with E-state index in [4.69, 9.17) is 0 Å². The molecule has 0 atom stereocenters. The Morgan fingerprint density at radius 3 is 2.56 bits per heavy atom. The molecule has 0 aliphatic carbocycles. The minimum atomic E-state index is -4.44. The van der Waals surface area contributed by atoms with Crippen LogP contribution in [0.2, 0.25) is 0 Å². The van der Waals surface area contributed by atoms with E-state index in [1.165, 1.54) is 11.4 Å².